The van der Waals surface area contributed by atoms with Crippen LogP contribution in [0.5, 0.6) is 23.0 Å². The monoisotopic (exact) mass is 428 g/mol. The molecule has 0 spiro atoms. The van der Waals surface area contributed by atoms with Crippen LogP contribution in [0.3, 0.4) is 0 Å². The summed E-state index contributed by atoms with van der Waals surface area (Å²) in [4.78, 5) is 17.2. The van der Waals surface area contributed by atoms with E-state index in [9.17, 15) is 4.79 Å². The van der Waals surface area contributed by atoms with E-state index >= 15 is 0 Å². The van der Waals surface area contributed by atoms with Gasteiger partial charge in [-0.05, 0) is 55.3 Å². The predicted octanol–water partition coefficient (Wildman–Crippen LogP) is 2.89. The normalized spacial score (nSPS) is 13.2. The SMILES string of the molecule is COc1ccc(CCN(C)CCN2CCc3cc(OC)c(OC)cc3C2=O)cc1OC. The van der Waals surface area contributed by atoms with E-state index in [2.05, 4.69) is 18.0 Å². The van der Waals surface area contributed by atoms with E-state index in [1.807, 2.05) is 23.1 Å². The Morgan fingerprint density at radius 3 is 2.19 bits per heavy atom. The Hall–Kier alpha value is -2.93. The van der Waals surface area contributed by atoms with Gasteiger partial charge >= 0.3 is 0 Å². The summed E-state index contributed by atoms with van der Waals surface area (Å²) >= 11 is 0. The molecule has 31 heavy (non-hydrogen) atoms. The molecule has 0 atom stereocenters. The van der Waals surface area contributed by atoms with E-state index < -0.39 is 0 Å². The zero-order valence-electron chi connectivity index (χ0n) is 19.1. The van der Waals surface area contributed by atoms with Crippen molar-refractivity contribution in [3.63, 3.8) is 0 Å². The molecule has 1 aliphatic heterocycles. The van der Waals surface area contributed by atoms with E-state index in [4.69, 9.17) is 18.9 Å². The molecule has 1 aliphatic rings. The highest BCUT2D eigenvalue weighted by molar-refractivity contribution is 5.97. The van der Waals surface area contributed by atoms with Gasteiger partial charge in [-0.3, -0.25) is 4.79 Å². The van der Waals surface area contributed by atoms with Crippen LogP contribution in [-0.2, 0) is 12.8 Å². The van der Waals surface area contributed by atoms with Crippen molar-refractivity contribution < 1.29 is 23.7 Å². The highest BCUT2D eigenvalue weighted by Crippen LogP contribution is 2.33. The molecule has 0 fully saturated rings. The highest BCUT2D eigenvalue weighted by atomic mass is 16.5. The van der Waals surface area contributed by atoms with E-state index in [0.717, 1.165) is 43.0 Å². The zero-order chi connectivity index (χ0) is 22.4. The summed E-state index contributed by atoms with van der Waals surface area (Å²) in [6.07, 6.45) is 1.71. The van der Waals surface area contributed by atoms with Crippen molar-refractivity contribution in [2.24, 2.45) is 0 Å². The second kappa shape index (κ2) is 10.4. The van der Waals surface area contributed by atoms with Crippen molar-refractivity contribution >= 4 is 5.91 Å². The summed E-state index contributed by atoms with van der Waals surface area (Å²) in [6, 6.07) is 9.71. The van der Waals surface area contributed by atoms with E-state index in [1.165, 1.54) is 5.56 Å². The largest absolute Gasteiger partial charge is 0.493 e. The van der Waals surface area contributed by atoms with Crippen LogP contribution >= 0.6 is 0 Å². The van der Waals surface area contributed by atoms with Crippen molar-refractivity contribution in [3.8, 4) is 23.0 Å². The summed E-state index contributed by atoms with van der Waals surface area (Å²) in [7, 11) is 8.56. The fourth-order valence-electron chi connectivity index (χ4n) is 3.83. The Kier molecular flexibility index (Phi) is 7.63. The van der Waals surface area contributed by atoms with Crippen LogP contribution in [0.15, 0.2) is 30.3 Å². The first kappa shape index (κ1) is 22.7. The van der Waals surface area contributed by atoms with Crippen LogP contribution in [-0.4, -0.2) is 77.4 Å². The van der Waals surface area contributed by atoms with Gasteiger partial charge in [0, 0.05) is 31.7 Å². The van der Waals surface area contributed by atoms with Crippen molar-refractivity contribution in [1.82, 2.24) is 9.80 Å². The number of hydrogen-bond acceptors (Lipinski definition) is 6. The van der Waals surface area contributed by atoms with Gasteiger partial charge in [0.05, 0.1) is 28.4 Å². The second-order valence-electron chi connectivity index (χ2n) is 7.65. The first-order valence-corrected chi connectivity index (χ1v) is 10.4. The van der Waals surface area contributed by atoms with Crippen LogP contribution in [0.4, 0.5) is 0 Å². The number of hydrogen-bond donors (Lipinski definition) is 0. The van der Waals surface area contributed by atoms with Gasteiger partial charge in [0.25, 0.3) is 5.91 Å². The van der Waals surface area contributed by atoms with Gasteiger partial charge in [0.1, 0.15) is 0 Å². The molecule has 1 amide bonds. The second-order valence-corrected chi connectivity index (χ2v) is 7.65. The molecule has 0 saturated carbocycles. The molecule has 168 valence electrons. The van der Waals surface area contributed by atoms with Gasteiger partial charge < -0.3 is 28.7 Å². The quantitative estimate of drug-likeness (QED) is 0.580. The lowest BCUT2D eigenvalue weighted by Gasteiger charge is -2.30. The molecular formula is C24H32N2O5. The van der Waals surface area contributed by atoms with Gasteiger partial charge in [-0.15, -0.1) is 0 Å². The number of ether oxygens (including phenoxy) is 4. The number of benzene rings is 2. The van der Waals surface area contributed by atoms with Gasteiger partial charge in [-0.2, -0.15) is 0 Å². The molecule has 2 aromatic carbocycles. The third kappa shape index (κ3) is 5.22. The lowest BCUT2D eigenvalue weighted by atomic mass is 9.98. The van der Waals surface area contributed by atoms with Gasteiger partial charge in [0.15, 0.2) is 23.0 Å². The first-order valence-electron chi connectivity index (χ1n) is 10.4. The summed E-state index contributed by atoms with van der Waals surface area (Å²) in [5.41, 5.74) is 2.91. The average Bonchev–Trinajstić information content (AvgIpc) is 2.81. The maximum Gasteiger partial charge on any atom is 0.254 e. The van der Waals surface area contributed by atoms with Crippen molar-refractivity contribution in [2.45, 2.75) is 12.8 Å². The lowest BCUT2D eigenvalue weighted by Crippen LogP contribution is -2.42. The van der Waals surface area contributed by atoms with E-state index in [0.29, 0.717) is 30.2 Å². The van der Waals surface area contributed by atoms with Crippen molar-refractivity contribution in [1.29, 1.82) is 0 Å². The van der Waals surface area contributed by atoms with Gasteiger partial charge in [-0.1, -0.05) is 6.07 Å². The molecular weight excluding hydrogens is 396 g/mol. The van der Waals surface area contributed by atoms with Crippen LogP contribution in [0, 0.1) is 0 Å². The predicted molar refractivity (Wildman–Crippen MR) is 120 cm³/mol. The number of amides is 1. The Morgan fingerprint density at radius 2 is 1.52 bits per heavy atom. The standard InChI is InChI=1S/C24H32N2O5/c1-25(10-8-17-6-7-20(28-2)21(14-17)29-3)12-13-26-11-9-18-15-22(30-4)23(31-5)16-19(18)24(26)27/h6-7,14-16H,8-13H2,1-5H3. The summed E-state index contributed by atoms with van der Waals surface area (Å²) in [5, 5.41) is 0. The van der Waals surface area contributed by atoms with Crippen LogP contribution < -0.4 is 18.9 Å². The maximum absolute atomic E-state index is 13.0. The van der Waals surface area contributed by atoms with Crippen molar-refractivity contribution in [3.05, 3.63) is 47.0 Å². The smallest absolute Gasteiger partial charge is 0.254 e. The Balaban J connectivity index is 1.55. The van der Waals surface area contributed by atoms with E-state index in [1.54, 1.807) is 34.5 Å². The third-order valence-corrected chi connectivity index (χ3v) is 5.76. The third-order valence-electron chi connectivity index (χ3n) is 5.76. The summed E-state index contributed by atoms with van der Waals surface area (Å²) in [5.74, 6) is 2.78. The molecule has 0 unspecified atom stereocenters. The number of nitrogens with zero attached hydrogens (tertiary/aromatic N) is 2. The number of fused-ring (bicyclic) bond motifs is 1. The molecule has 1 heterocycles. The molecule has 3 rings (SSSR count). The maximum atomic E-state index is 13.0. The molecule has 0 aliphatic carbocycles. The zero-order valence-corrected chi connectivity index (χ0v) is 19.1. The minimum absolute atomic E-state index is 0.0514. The molecule has 0 aromatic heterocycles. The topological polar surface area (TPSA) is 60.5 Å². The molecule has 2 aromatic rings. The van der Waals surface area contributed by atoms with Crippen LogP contribution in [0.2, 0.25) is 0 Å². The van der Waals surface area contributed by atoms with E-state index in [-0.39, 0.29) is 5.91 Å². The fraction of sp³-hybridized carbons (Fsp3) is 0.458. The number of carbonyl (C=O) groups excluding carboxylic acids is 1. The van der Waals surface area contributed by atoms with Gasteiger partial charge in [-0.25, -0.2) is 0 Å². The van der Waals surface area contributed by atoms with Crippen molar-refractivity contribution in [2.75, 3.05) is 61.7 Å². The number of methoxy groups -OCH3 is 4. The number of carbonyl (C=O) groups is 1. The highest BCUT2D eigenvalue weighted by Gasteiger charge is 2.26. The average molecular weight is 429 g/mol. The van der Waals surface area contributed by atoms with Crippen LogP contribution in [0.25, 0.3) is 0 Å². The van der Waals surface area contributed by atoms with Gasteiger partial charge in [0.2, 0.25) is 0 Å². The summed E-state index contributed by atoms with van der Waals surface area (Å²) in [6.45, 7) is 3.10. The molecule has 0 saturated heterocycles. The molecule has 0 radical (unpaired) electrons. The lowest BCUT2D eigenvalue weighted by molar-refractivity contribution is 0.0724. The molecule has 7 nitrogen and oxygen atoms in total. The first-order chi connectivity index (χ1) is 15.0. The molecule has 0 bridgehead atoms. The number of likely N-dealkylation sites (N-methyl/N-ethyl adjacent to an activating group) is 1. The minimum atomic E-state index is 0.0514. The Morgan fingerprint density at radius 1 is 0.871 bits per heavy atom. The molecule has 7 heteroatoms. The van der Waals surface area contributed by atoms with Crippen LogP contribution in [0.1, 0.15) is 21.5 Å². The Labute approximate surface area is 184 Å². The molecule has 0 N–H and O–H groups in total. The fourth-order valence-corrected chi connectivity index (χ4v) is 3.83. The summed E-state index contributed by atoms with van der Waals surface area (Å²) < 4.78 is 21.4. The Bertz CT molecular complexity index is 915. The number of rotatable bonds is 10. The minimum Gasteiger partial charge on any atom is -0.493 e.